The van der Waals surface area contributed by atoms with Gasteiger partial charge in [-0.05, 0) is 31.0 Å². The quantitative estimate of drug-likeness (QED) is 0.559. The number of benzene rings is 1. The Labute approximate surface area is 204 Å². The molecule has 1 saturated heterocycles. The Morgan fingerprint density at radius 2 is 1.92 bits per heavy atom. The fourth-order valence-electron chi connectivity index (χ4n) is 4.41. The number of carbonyl (C=O) groups is 2. The maximum atomic E-state index is 13.3. The maximum Gasteiger partial charge on any atom is 0.408 e. The van der Waals surface area contributed by atoms with Gasteiger partial charge in [0.1, 0.15) is 11.7 Å². The van der Waals surface area contributed by atoms with Gasteiger partial charge in [0.2, 0.25) is 0 Å². The second kappa shape index (κ2) is 9.17. The molecule has 3 amide bonds. The molecule has 2 N–H and O–H groups in total. The van der Waals surface area contributed by atoms with Gasteiger partial charge < -0.3 is 10.2 Å². The molecule has 2 atom stereocenters. The minimum Gasteiger partial charge on any atom is -0.366 e. The second-order valence-electron chi connectivity index (χ2n) is 8.85. The van der Waals surface area contributed by atoms with Gasteiger partial charge in [-0.1, -0.05) is 30.3 Å². The smallest absolute Gasteiger partial charge is 0.366 e. The molecule has 36 heavy (non-hydrogen) atoms. The molecule has 2 bridgehead atoms. The molecule has 188 valence electrons. The summed E-state index contributed by atoms with van der Waals surface area (Å²) >= 11 is 0. The SMILES string of the molecule is C[C@@H](NC(=O)c1ccc2c(n1)N(C(=O)Nc1ccn(Cc3ccccc3)n1)C1CCN2C1)C(F)(F)F. The molecule has 9 nitrogen and oxygen atoms in total. The van der Waals surface area contributed by atoms with E-state index in [1.165, 1.54) is 11.0 Å². The van der Waals surface area contributed by atoms with Gasteiger partial charge in [0, 0.05) is 25.4 Å². The van der Waals surface area contributed by atoms with Crippen molar-refractivity contribution in [2.24, 2.45) is 0 Å². The normalized spacial score (nSPS) is 17.5. The zero-order valence-electron chi connectivity index (χ0n) is 19.4. The van der Waals surface area contributed by atoms with E-state index >= 15 is 0 Å². The van der Waals surface area contributed by atoms with E-state index in [-0.39, 0.29) is 17.6 Å². The van der Waals surface area contributed by atoms with Gasteiger partial charge in [0.05, 0.1) is 18.3 Å². The molecule has 1 unspecified atom stereocenters. The van der Waals surface area contributed by atoms with Gasteiger partial charge in [0.25, 0.3) is 5.91 Å². The summed E-state index contributed by atoms with van der Waals surface area (Å²) in [6.07, 6.45) is -2.13. The van der Waals surface area contributed by atoms with Gasteiger partial charge in [0.15, 0.2) is 11.6 Å². The highest BCUT2D eigenvalue weighted by atomic mass is 19.4. The summed E-state index contributed by atoms with van der Waals surface area (Å²) < 4.78 is 40.4. The van der Waals surface area contributed by atoms with Crippen molar-refractivity contribution in [3.63, 3.8) is 0 Å². The Morgan fingerprint density at radius 3 is 2.67 bits per heavy atom. The lowest BCUT2D eigenvalue weighted by molar-refractivity contribution is -0.149. The van der Waals surface area contributed by atoms with Crippen molar-refractivity contribution in [2.75, 3.05) is 28.2 Å². The lowest BCUT2D eigenvalue weighted by Gasteiger charge is -2.35. The molecular weight excluding hydrogens is 475 g/mol. The van der Waals surface area contributed by atoms with Crippen LogP contribution < -0.4 is 20.4 Å². The number of hydrogen-bond acceptors (Lipinski definition) is 5. The van der Waals surface area contributed by atoms with Gasteiger partial charge >= 0.3 is 12.2 Å². The molecule has 2 aliphatic rings. The third-order valence-electron chi connectivity index (χ3n) is 6.31. The predicted molar refractivity (Wildman–Crippen MR) is 127 cm³/mol. The number of pyridine rings is 1. The average Bonchev–Trinajstić information content (AvgIpc) is 3.46. The topological polar surface area (TPSA) is 95.4 Å². The fraction of sp³-hybridized carbons (Fsp3) is 0.333. The average molecular weight is 499 g/mol. The van der Waals surface area contributed by atoms with Crippen LogP contribution in [0.2, 0.25) is 0 Å². The molecule has 1 fully saturated rings. The van der Waals surface area contributed by atoms with E-state index in [9.17, 15) is 22.8 Å². The number of rotatable bonds is 5. The number of anilines is 3. The van der Waals surface area contributed by atoms with Crippen LogP contribution in [0.15, 0.2) is 54.7 Å². The van der Waals surface area contributed by atoms with Crippen molar-refractivity contribution in [1.82, 2.24) is 20.1 Å². The Hall–Kier alpha value is -4.09. The third kappa shape index (κ3) is 4.70. The number of halogens is 3. The summed E-state index contributed by atoms with van der Waals surface area (Å²) in [7, 11) is 0. The molecule has 1 aromatic carbocycles. The number of nitrogens with one attached hydrogen (secondary N) is 2. The molecule has 2 aliphatic heterocycles. The highest BCUT2D eigenvalue weighted by Gasteiger charge is 2.41. The number of urea groups is 1. The van der Waals surface area contributed by atoms with Crippen molar-refractivity contribution >= 4 is 29.3 Å². The molecule has 3 aromatic rings. The van der Waals surface area contributed by atoms with Crippen LogP contribution in [0.25, 0.3) is 0 Å². The maximum absolute atomic E-state index is 13.3. The second-order valence-corrected chi connectivity index (χ2v) is 8.85. The highest BCUT2D eigenvalue weighted by molar-refractivity contribution is 6.05. The zero-order chi connectivity index (χ0) is 25.4. The van der Waals surface area contributed by atoms with Gasteiger partial charge in [-0.25, -0.2) is 9.78 Å². The van der Waals surface area contributed by atoms with Crippen molar-refractivity contribution < 1.29 is 22.8 Å². The summed E-state index contributed by atoms with van der Waals surface area (Å²) in [4.78, 5) is 33.6. The molecule has 2 aromatic heterocycles. The van der Waals surface area contributed by atoms with E-state index in [0.717, 1.165) is 12.5 Å². The van der Waals surface area contributed by atoms with Crippen LogP contribution in [0.4, 0.5) is 35.3 Å². The minimum atomic E-state index is -4.58. The molecule has 0 radical (unpaired) electrons. The first-order chi connectivity index (χ1) is 17.2. The van der Waals surface area contributed by atoms with Crippen LogP contribution >= 0.6 is 0 Å². The van der Waals surface area contributed by atoms with Crippen molar-refractivity contribution in [3.8, 4) is 0 Å². The van der Waals surface area contributed by atoms with E-state index in [0.29, 0.717) is 37.6 Å². The van der Waals surface area contributed by atoms with E-state index < -0.39 is 24.2 Å². The van der Waals surface area contributed by atoms with E-state index in [2.05, 4.69) is 15.4 Å². The summed E-state index contributed by atoms with van der Waals surface area (Å²) in [6.45, 7) is 2.70. The number of carbonyl (C=O) groups excluding carboxylic acids is 2. The highest BCUT2D eigenvalue weighted by Crippen LogP contribution is 2.39. The van der Waals surface area contributed by atoms with Crippen LogP contribution in [0.5, 0.6) is 0 Å². The Morgan fingerprint density at radius 1 is 1.14 bits per heavy atom. The number of alkyl halides is 3. The Kier molecular flexibility index (Phi) is 6.02. The number of hydrogen-bond donors (Lipinski definition) is 2. The van der Waals surface area contributed by atoms with Gasteiger partial charge in [-0.3, -0.25) is 19.7 Å². The molecule has 0 aliphatic carbocycles. The summed E-state index contributed by atoms with van der Waals surface area (Å²) in [5.74, 6) is -0.376. The summed E-state index contributed by atoms with van der Waals surface area (Å²) in [6, 6.07) is 11.7. The van der Waals surface area contributed by atoms with E-state index in [1.807, 2.05) is 40.5 Å². The zero-order valence-corrected chi connectivity index (χ0v) is 19.4. The van der Waals surface area contributed by atoms with E-state index in [4.69, 9.17) is 0 Å². The Bertz CT molecular complexity index is 1280. The van der Waals surface area contributed by atoms with Crippen molar-refractivity contribution in [2.45, 2.75) is 38.1 Å². The van der Waals surface area contributed by atoms with Gasteiger partial charge in [-0.2, -0.15) is 18.3 Å². The largest absolute Gasteiger partial charge is 0.408 e. The van der Waals surface area contributed by atoms with Crippen LogP contribution in [0.1, 0.15) is 29.4 Å². The summed E-state index contributed by atoms with van der Waals surface area (Å²) in [5.41, 5.74) is 1.51. The first kappa shape index (κ1) is 23.6. The lowest BCUT2D eigenvalue weighted by Crippen LogP contribution is -2.49. The number of nitrogens with zero attached hydrogens (tertiary/aromatic N) is 5. The van der Waals surface area contributed by atoms with Crippen LogP contribution in [0, 0.1) is 0 Å². The predicted octanol–water partition coefficient (Wildman–Crippen LogP) is 3.64. The first-order valence-corrected chi connectivity index (χ1v) is 11.5. The van der Waals surface area contributed by atoms with Crippen LogP contribution in [-0.2, 0) is 6.54 Å². The number of amides is 3. The molecule has 5 rings (SSSR count). The van der Waals surface area contributed by atoms with Crippen molar-refractivity contribution in [3.05, 3.63) is 66.0 Å². The lowest BCUT2D eigenvalue weighted by atomic mass is 10.1. The molecule has 4 heterocycles. The van der Waals surface area contributed by atoms with Gasteiger partial charge in [-0.15, -0.1) is 0 Å². The summed E-state index contributed by atoms with van der Waals surface area (Å²) in [5, 5.41) is 9.12. The number of fused-ring (bicyclic) bond motifs is 4. The molecule has 12 heteroatoms. The first-order valence-electron chi connectivity index (χ1n) is 11.5. The Balaban J connectivity index is 1.36. The number of aromatic nitrogens is 3. The van der Waals surface area contributed by atoms with Crippen LogP contribution in [-0.4, -0.2) is 58.1 Å². The monoisotopic (exact) mass is 499 g/mol. The van der Waals surface area contributed by atoms with E-state index in [1.54, 1.807) is 23.0 Å². The minimum absolute atomic E-state index is 0.191. The molecule has 0 saturated carbocycles. The van der Waals surface area contributed by atoms with Crippen molar-refractivity contribution in [1.29, 1.82) is 0 Å². The fourth-order valence-corrected chi connectivity index (χ4v) is 4.41. The third-order valence-corrected chi connectivity index (χ3v) is 6.31. The van der Waals surface area contributed by atoms with Crippen LogP contribution in [0.3, 0.4) is 0 Å². The molecular formula is C24H24F3N7O2. The molecule has 0 spiro atoms. The standard InChI is InChI=1S/C24H24F3N7O2/c1-15(24(25,26)27)28-22(35)18-7-8-19-21(29-18)34(17-9-11-32(19)14-17)23(36)30-20-10-12-33(31-20)13-16-5-3-2-4-6-16/h2-8,10,12,15,17H,9,11,13-14H2,1H3,(H,28,35)(H,30,31,36)/t15-,17?/m1/s1.